The highest BCUT2D eigenvalue weighted by Gasteiger charge is 2.35. The van der Waals surface area contributed by atoms with Crippen molar-refractivity contribution in [1.29, 1.82) is 0 Å². The van der Waals surface area contributed by atoms with E-state index in [9.17, 15) is 13.2 Å². The second kappa shape index (κ2) is 5.27. The summed E-state index contributed by atoms with van der Waals surface area (Å²) in [6, 6.07) is 6.26. The molecule has 1 aromatic heterocycles. The van der Waals surface area contributed by atoms with Crippen LogP contribution in [-0.4, -0.2) is 7.05 Å². The minimum absolute atomic E-state index is 0.0799. The van der Waals surface area contributed by atoms with E-state index in [1.54, 1.807) is 19.2 Å². The predicted octanol–water partition coefficient (Wildman–Crippen LogP) is 4.26. The molecular formula is C13H11ClF3NO. The maximum absolute atomic E-state index is 13.0. The number of benzene rings is 1. The standard InChI is InChI=1S/C13H11ClF3NO/c1-18-11(9-6-7-19-12(9)14)8-4-2-3-5-10(8)13(15,16)17/h2-7,11,18H,1H3. The van der Waals surface area contributed by atoms with Crippen LogP contribution in [0.4, 0.5) is 13.2 Å². The van der Waals surface area contributed by atoms with Crippen LogP contribution in [0.5, 0.6) is 0 Å². The molecule has 0 bridgehead atoms. The van der Waals surface area contributed by atoms with Gasteiger partial charge in [-0.25, -0.2) is 0 Å². The lowest BCUT2D eigenvalue weighted by molar-refractivity contribution is -0.138. The van der Waals surface area contributed by atoms with E-state index in [-0.39, 0.29) is 10.8 Å². The van der Waals surface area contributed by atoms with Gasteiger partial charge in [0.15, 0.2) is 5.22 Å². The number of rotatable bonds is 3. The van der Waals surface area contributed by atoms with Crippen molar-refractivity contribution >= 4 is 11.6 Å². The van der Waals surface area contributed by atoms with E-state index in [1.165, 1.54) is 18.4 Å². The van der Waals surface area contributed by atoms with Gasteiger partial charge in [0.05, 0.1) is 17.9 Å². The predicted molar refractivity (Wildman–Crippen MR) is 66.1 cm³/mol. The molecule has 2 nitrogen and oxygen atoms in total. The van der Waals surface area contributed by atoms with Crippen LogP contribution in [0.25, 0.3) is 0 Å². The van der Waals surface area contributed by atoms with Crippen LogP contribution in [0.2, 0.25) is 5.22 Å². The Morgan fingerprint density at radius 3 is 2.37 bits per heavy atom. The first-order valence-corrected chi connectivity index (χ1v) is 5.89. The van der Waals surface area contributed by atoms with Gasteiger partial charge in [0.25, 0.3) is 0 Å². The van der Waals surface area contributed by atoms with Gasteiger partial charge in [-0.05, 0) is 36.3 Å². The van der Waals surface area contributed by atoms with Crippen molar-refractivity contribution in [3.05, 3.63) is 58.5 Å². The normalized spacial score (nSPS) is 13.5. The average molecular weight is 290 g/mol. The maximum atomic E-state index is 13.0. The lowest BCUT2D eigenvalue weighted by Crippen LogP contribution is -2.21. The molecule has 0 saturated carbocycles. The molecule has 1 aromatic carbocycles. The van der Waals surface area contributed by atoms with E-state index in [0.717, 1.165) is 6.07 Å². The van der Waals surface area contributed by atoms with E-state index < -0.39 is 17.8 Å². The van der Waals surface area contributed by atoms with Gasteiger partial charge in [-0.3, -0.25) is 0 Å². The third-order valence-corrected chi connectivity index (χ3v) is 3.13. The second-order valence-electron chi connectivity index (χ2n) is 3.96. The first-order chi connectivity index (χ1) is 8.95. The molecule has 1 unspecified atom stereocenters. The van der Waals surface area contributed by atoms with Crippen molar-refractivity contribution < 1.29 is 17.6 Å². The van der Waals surface area contributed by atoms with Gasteiger partial charge in [0.1, 0.15) is 0 Å². The largest absolute Gasteiger partial charge is 0.453 e. The van der Waals surface area contributed by atoms with E-state index >= 15 is 0 Å². The quantitative estimate of drug-likeness (QED) is 0.913. The van der Waals surface area contributed by atoms with Crippen molar-refractivity contribution in [3.8, 4) is 0 Å². The van der Waals surface area contributed by atoms with E-state index in [1.807, 2.05) is 0 Å². The molecular weight excluding hydrogens is 279 g/mol. The Balaban J connectivity index is 2.54. The molecule has 0 saturated heterocycles. The Hall–Kier alpha value is -1.46. The molecule has 1 atom stereocenters. The van der Waals surface area contributed by atoms with Crippen molar-refractivity contribution in [3.63, 3.8) is 0 Å². The molecule has 0 aliphatic heterocycles. The fraction of sp³-hybridized carbons (Fsp3) is 0.231. The summed E-state index contributed by atoms with van der Waals surface area (Å²) in [6.45, 7) is 0. The minimum Gasteiger partial charge on any atom is -0.453 e. The Labute approximate surface area is 113 Å². The number of hydrogen-bond acceptors (Lipinski definition) is 2. The summed E-state index contributed by atoms with van der Waals surface area (Å²) in [4.78, 5) is 0. The molecule has 19 heavy (non-hydrogen) atoms. The summed E-state index contributed by atoms with van der Waals surface area (Å²) in [5.41, 5.74) is -0.103. The number of halogens is 4. The molecule has 0 fully saturated rings. The minimum atomic E-state index is -4.41. The van der Waals surface area contributed by atoms with Crippen LogP contribution in [0, 0.1) is 0 Å². The van der Waals surface area contributed by atoms with Crippen LogP contribution in [0.3, 0.4) is 0 Å². The molecule has 1 heterocycles. The first-order valence-electron chi connectivity index (χ1n) is 5.51. The zero-order chi connectivity index (χ0) is 14.0. The van der Waals surface area contributed by atoms with Gasteiger partial charge < -0.3 is 9.73 Å². The summed E-state index contributed by atoms with van der Waals surface area (Å²) in [7, 11) is 1.57. The van der Waals surface area contributed by atoms with Gasteiger partial charge in [-0.1, -0.05) is 18.2 Å². The SMILES string of the molecule is CNC(c1ccccc1C(F)(F)F)c1ccoc1Cl. The molecule has 0 radical (unpaired) electrons. The van der Waals surface area contributed by atoms with Crippen molar-refractivity contribution in [2.24, 2.45) is 0 Å². The number of furan rings is 1. The molecule has 0 spiro atoms. The third-order valence-electron chi connectivity index (χ3n) is 2.82. The Bertz CT molecular complexity index is 565. The van der Waals surface area contributed by atoms with Gasteiger partial charge >= 0.3 is 6.18 Å². The van der Waals surface area contributed by atoms with E-state index in [0.29, 0.717) is 5.56 Å². The van der Waals surface area contributed by atoms with E-state index in [4.69, 9.17) is 16.0 Å². The lowest BCUT2D eigenvalue weighted by Gasteiger charge is -2.20. The summed E-state index contributed by atoms with van der Waals surface area (Å²) in [6.07, 6.45) is -3.07. The van der Waals surface area contributed by atoms with Crippen molar-refractivity contribution in [2.75, 3.05) is 7.05 Å². The highest BCUT2D eigenvalue weighted by molar-refractivity contribution is 6.29. The molecule has 0 amide bonds. The van der Waals surface area contributed by atoms with Gasteiger partial charge in [0.2, 0.25) is 0 Å². The van der Waals surface area contributed by atoms with Crippen LogP contribution >= 0.6 is 11.6 Å². The van der Waals surface area contributed by atoms with Crippen LogP contribution in [0.15, 0.2) is 41.0 Å². The number of alkyl halides is 3. The fourth-order valence-corrected chi connectivity index (χ4v) is 2.22. The van der Waals surface area contributed by atoms with Crippen LogP contribution in [-0.2, 0) is 6.18 Å². The average Bonchev–Trinajstić information content (AvgIpc) is 2.76. The van der Waals surface area contributed by atoms with Crippen molar-refractivity contribution in [1.82, 2.24) is 5.32 Å². The smallest absolute Gasteiger partial charge is 0.416 e. The lowest BCUT2D eigenvalue weighted by atomic mass is 9.96. The topological polar surface area (TPSA) is 25.2 Å². The van der Waals surface area contributed by atoms with Gasteiger partial charge in [-0.2, -0.15) is 13.2 Å². The second-order valence-corrected chi connectivity index (χ2v) is 4.30. The Kier molecular flexibility index (Phi) is 3.87. The molecule has 6 heteroatoms. The molecule has 102 valence electrons. The van der Waals surface area contributed by atoms with Crippen molar-refractivity contribution in [2.45, 2.75) is 12.2 Å². The Morgan fingerprint density at radius 1 is 1.16 bits per heavy atom. The highest BCUT2D eigenvalue weighted by Crippen LogP contribution is 2.38. The number of hydrogen-bond donors (Lipinski definition) is 1. The van der Waals surface area contributed by atoms with Crippen LogP contribution < -0.4 is 5.32 Å². The Morgan fingerprint density at radius 2 is 1.84 bits per heavy atom. The highest BCUT2D eigenvalue weighted by atomic mass is 35.5. The summed E-state index contributed by atoms with van der Waals surface area (Å²) in [5.74, 6) is 0. The maximum Gasteiger partial charge on any atom is 0.416 e. The third kappa shape index (κ3) is 2.77. The summed E-state index contributed by atoms with van der Waals surface area (Å²) < 4.78 is 43.9. The fourth-order valence-electron chi connectivity index (χ4n) is 2.00. The first kappa shape index (κ1) is 14.0. The van der Waals surface area contributed by atoms with Crippen LogP contribution in [0.1, 0.15) is 22.7 Å². The van der Waals surface area contributed by atoms with Gasteiger partial charge in [0, 0.05) is 5.56 Å². The molecule has 0 aliphatic carbocycles. The summed E-state index contributed by atoms with van der Waals surface area (Å²) in [5, 5.41) is 2.91. The molecule has 2 aromatic rings. The number of nitrogens with one attached hydrogen (secondary N) is 1. The molecule has 1 N–H and O–H groups in total. The van der Waals surface area contributed by atoms with E-state index in [2.05, 4.69) is 5.32 Å². The zero-order valence-corrected chi connectivity index (χ0v) is 10.7. The van der Waals surface area contributed by atoms with Gasteiger partial charge in [-0.15, -0.1) is 0 Å². The zero-order valence-electron chi connectivity index (χ0n) is 9.96. The summed E-state index contributed by atoms with van der Waals surface area (Å²) >= 11 is 5.84. The molecule has 2 rings (SSSR count). The monoisotopic (exact) mass is 289 g/mol. The molecule has 0 aliphatic rings.